The van der Waals surface area contributed by atoms with Gasteiger partial charge in [0.15, 0.2) is 27.0 Å². The number of carboxylic acids is 3. The molecule has 1 aromatic carbocycles. The number of thiazole rings is 1. The molecule has 1 amide bonds. The zero-order chi connectivity index (χ0) is 29.9. The van der Waals surface area contributed by atoms with Crippen LogP contribution in [0.15, 0.2) is 40.4 Å². The normalized spacial score (nSPS) is 19.2. The van der Waals surface area contributed by atoms with Gasteiger partial charge >= 0.3 is 17.9 Å². The molecule has 3 aliphatic heterocycles. The highest BCUT2D eigenvalue weighted by molar-refractivity contribution is 7.73. The summed E-state index contributed by atoms with van der Waals surface area (Å²) in [6.07, 6.45) is 2.87. The van der Waals surface area contributed by atoms with Gasteiger partial charge in [-0.25, -0.2) is 4.99 Å². The number of carboxylic acid groups (broad SMARTS) is 3. The maximum absolute atomic E-state index is 13.6. The third-order valence-electron chi connectivity index (χ3n) is 6.67. The van der Waals surface area contributed by atoms with Gasteiger partial charge in [0, 0.05) is 18.2 Å². The maximum Gasteiger partial charge on any atom is 0.323 e. The van der Waals surface area contributed by atoms with Crippen LogP contribution in [0, 0.1) is 9.87 Å². The number of aliphatic imine (C=N–C) groups is 1. The molecular weight excluding hydrogens is 596 g/mol. The summed E-state index contributed by atoms with van der Waals surface area (Å²) in [5.74, 6) is -4.22. The van der Waals surface area contributed by atoms with Crippen molar-refractivity contribution in [3.63, 3.8) is 0 Å². The van der Waals surface area contributed by atoms with Crippen LogP contribution < -0.4 is 19.1 Å². The number of amidine groups is 1. The fraction of sp³-hybridized carbons (Fsp3) is 0.280. The highest BCUT2D eigenvalue weighted by Crippen LogP contribution is 2.49. The number of rotatable bonds is 9. The van der Waals surface area contributed by atoms with E-state index >= 15 is 0 Å². The van der Waals surface area contributed by atoms with Gasteiger partial charge in [-0.3, -0.25) is 33.5 Å². The molecule has 1 aromatic heterocycles. The van der Waals surface area contributed by atoms with Gasteiger partial charge in [0.1, 0.15) is 30.2 Å². The van der Waals surface area contributed by atoms with Gasteiger partial charge in [-0.1, -0.05) is 11.3 Å². The summed E-state index contributed by atoms with van der Waals surface area (Å²) in [4.78, 5) is 55.0. The molecule has 1 fully saturated rings. The first-order valence-electron chi connectivity index (χ1n) is 12.4. The zero-order valence-electron chi connectivity index (χ0n) is 21.3. The Hall–Kier alpha value is -4.90. The van der Waals surface area contributed by atoms with Gasteiger partial charge in [-0.15, -0.1) is 0 Å². The van der Waals surface area contributed by atoms with Crippen molar-refractivity contribution < 1.29 is 53.8 Å². The van der Waals surface area contributed by atoms with E-state index in [1.54, 1.807) is 12.1 Å². The van der Waals surface area contributed by atoms with Gasteiger partial charge in [0.25, 0.3) is 5.91 Å². The molecule has 0 atom stereocenters. The molecule has 0 unspecified atom stereocenters. The summed E-state index contributed by atoms with van der Waals surface area (Å²) in [5, 5.41) is 39.1. The summed E-state index contributed by atoms with van der Waals surface area (Å²) in [6, 6.07) is 3.16. The van der Waals surface area contributed by atoms with Crippen LogP contribution in [0.2, 0.25) is 0 Å². The van der Waals surface area contributed by atoms with E-state index in [-0.39, 0.29) is 39.0 Å². The van der Waals surface area contributed by atoms with E-state index in [1.807, 2.05) is 0 Å². The molecule has 15 nitrogen and oxygen atoms in total. The predicted molar refractivity (Wildman–Crippen MR) is 144 cm³/mol. The average Bonchev–Trinajstić information content (AvgIpc) is 3.35. The van der Waals surface area contributed by atoms with Crippen LogP contribution in [0.5, 0.6) is 23.1 Å². The number of aromatic nitrogens is 1. The molecular formula is C25H20N4O11S2. The third-order valence-corrected chi connectivity index (χ3v) is 8.10. The number of hydrogen-bond acceptors (Lipinski definition) is 12. The number of carbonyl (C=O) groups excluding carboxylic acids is 1. The van der Waals surface area contributed by atoms with Crippen LogP contribution in [0.4, 0.5) is 5.69 Å². The van der Waals surface area contributed by atoms with Crippen LogP contribution in [-0.2, 0) is 25.7 Å². The van der Waals surface area contributed by atoms with Crippen molar-refractivity contribution in [2.75, 3.05) is 24.8 Å². The summed E-state index contributed by atoms with van der Waals surface area (Å²) in [7, 11) is 0. The number of allylic oxidation sites excluding steroid dienone is 2. The Morgan fingerprint density at radius 1 is 1.00 bits per heavy atom. The van der Waals surface area contributed by atoms with Crippen molar-refractivity contribution in [2.24, 2.45) is 10.9 Å². The predicted octanol–water partition coefficient (Wildman–Crippen LogP) is 1.96. The summed E-state index contributed by atoms with van der Waals surface area (Å²) in [6.45, 7) is -1.92. The molecule has 4 aliphatic rings. The minimum atomic E-state index is -1.35. The Labute approximate surface area is 244 Å². The topological polar surface area (TPSA) is 201 Å². The Balaban J connectivity index is 1.47. The van der Waals surface area contributed by atoms with Gasteiger partial charge in [0.2, 0.25) is 18.6 Å². The van der Waals surface area contributed by atoms with E-state index in [0.717, 1.165) is 20.8 Å². The van der Waals surface area contributed by atoms with E-state index in [1.165, 1.54) is 11.0 Å². The van der Waals surface area contributed by atoms with Crippen LogP contribution in [0.1, 0.15) is 17.7 Å². The molecule has 4 N–H and O–H groups in total. The highest BCUT2D eigenvalue weighted by atomic mass is 32.1. The number of hydrogen-bond donors (Lipinski definition) is 4. The molecule has 17 heteroatoms. The largest absolute Gasteiger partial charge is 0.493 e. The molecule has 42 heavy (non-hydrogen) atoms. The molecule has 0 spiro atoms. The van der Waals surface area contributed by atoms with E-state index in [9.17, 15) is 39.6 Å². The molecule has 218 valence electrons. The smallest absolute Gasteiger partial charge is 0.323 e. The molecule has 1 saturated carbocycles. The monoisotopic (exact) mass is 616 g/mol. The molecule has 1 aliphatic carbocycles. The van der Waals surface area contributed by atoms with Crippen LogP contribution >= 0.6 is 23.6 Å². The standard InChI is InChI=1S/C25H20N4O11S2/c30-17(31)6-27-12-4-14-15(39-9-38-14)5-13(12)40-16(27)3-11(10-1-2-10)20-23(36)28(7-18(32)33)22(26-20)21-24(37)29(8-19(34)35)25(41)42-21/h3-5,10,37H,1-2,6-9H2,(H,30,31)(H,32,33)(H,34,35)/b16-3-,20-11-. The number of carbonyl (C=O) groups is 4. The average molecular weight is 617 g/mol. The number of anilines is 1. The zero-order valence-corrected chi connectivity index (χ0v) is 22.9. The molecule has 0 radical (unpaired) electrons. The quantitative estimate of drug-likeness (QED) is 0.236. The number of fused-ring (bicyclic) bond motifs is 2. The second kappa shape index (κ2) is 10.2. The lowest BCUT2D eigenvalue weighted by molar-refractivity contribution is -0.140. The van der Waals surface area contributed by atoms with Crippen LogP contribution in [-0.4, -0.2) is 79.4 Å². The summed E-state index contributed by atoms with van der Waals surface area (Å²) in [5.41, 5.74) is 0.678. The van der Waals surface area contributed by atoms with Gasteiger partial charge in [-0.2, -0.15) is 0 Å². The van der Waals surface area contributed by atoms with Crippen molar-refractivity contribution in [3.05, 3.63) is 44.2 Å². The van der Waals surface area contributed by atoms with Crippen molar-refractivity contribution >= 4 is 58.9 Å². The van der Waals surface area contributed by atoms with Gasteiger partial charge in [0.05, 0.1) is 5.69 Å². The number of amides is 1. The SMILES string of the molecule is O=C(O)CN1C(=O)/C(=C(\C=C2/Oc3cc4c(cc3N2CC(=O)O)OCO4)C2CC2)N=C1c1sc(=S)n(CC(=O)O)c1O. The molecule has 0 saturated heterocycles. The summed E-state index contributed by atoms with van der Waals surface area (Å²) < 4.78 is 17.7. The number of benzene rings is 1. The third kappa shape index (κ3) is 4.81. The maximum atomic E-state index is 13.6. The van der Waals surface area contributed by atoms with Crippen LogP contribution in [0.3, 0.4) is 0 Å². The van der Waals surface area contributed by atoms with E-state index < -0.39 is 49.3 Å². The van der Waals surface area contributed by atoms with Crippen molar-refractivity contribution in [3.8, 4) is 23.1 Å². The van der Waals surface area contributed by atoms with E-state index in [0.29, 0.717) is 41.4 Å². The Kier molecular flexibility index (Phi) is 6.61. The van der Waals surface area contributed by atoms with E-state index in [2.05, 4.69) is 4.99 Å². The number of aliphatic carboxylic acids is 3. The van der Waals surface area contributed by atoms with Gasteiger partial charge in [-0.05, 0) is 36.6 Å². The highest BCUT2D eigenvalue weighted by Gasteiger charge is 2.41. The van der Waals surface area contributed by atoms with Crippen molar-refractivity contribution in [1.29, 1.82) is 0 Å². The second-order valence-corrected chi connectivity index (χ2v) is 11.2. The lowest BCUT2D eigenvalue weighted by Crippen LogP contribution is -2.37. The van der Waals surface area contributed by atoms with Crippen molar-refractivity contribution in [1.82, 2.24) is 9.47 Å². The Bertz CT molecular complexity index is 1730. The minimum absolute atomic E-state index is 0.0101. The minimum Gasteiger partial charge on any atom is -0.493 e. The first-order chi connectivity index (χ1) is 20.0. The number of nitrogens with zero attached hydrogens (tertiary/aromatic N) is 4. The second-order valence-electron chi connectivity index (χ2n) is 9.54. The molecule has 4 heterocycles. The Morgan fingerprint density at radius 3 is 2.29 bits per heavy atom. The lowest BCUT2D eigenvalue weighted by atomic mass is 10.1. The first-order valence-corrected chi connectivity index (χ1v) is 13.6. The summed E-state index contributed by atoms with van der Waals surface area (Å²) >= 11 is 5.96. The molecule has 6 rings (SSSR count). The fourth-order valence-corrected chi connectivity index (χ4v) is 5.99. The van der Waals surface area contributed by atoms with Gasteiger partial charge < -0.3 is 34.6 Å². The van der Waals surface area contributed by atoms with Crippen LogP contribution in [0.25, 0.3) is 0 Å². The number of ether oxygens (including phenoxy) is 3. The lowest BCUT2D eigenvalue weighted by Gasteiger charge is -2.17. The van der Waals surface area contributed by atoms with E-state index in [4.69, 9.17) is 26.4 Å². The molecule has 2 aromatic rings. The van der Waals surface area contributed by atoms with Crippen molar-refractivity contribution in [2.45, 2.75) is 19.4 Å². The first kappa shape index (κ1) is 27.3. The molecule has 0 bridgehead atoms. The fourth-order valence-electron chi connectivity index (χ4n) is 4.70. The number of aromatic hydroxyl groups is 1. The Morgan fingerprint density at radius 2 is 1.64 bits per heavy atom.